The highest BCUT2D eigenvalue weighted by molar-refractivity contribution is 5.89. The van der Waals surface area contributed by atoms with E-state index < -0.39 is 18.9 Å². The highest BCUT2D eigenvalue weighted by atomic mass is 19.4. The van der Waals surface area contributed by atoms with Gasteiger partial charge in [-0.2, -0.15) is 13.2 Å². The number of aryl methyl sites for hydroxylation is 1. The Morgan fingerprint density at radius 2 is 2.15 bits per heavy atom. The zero-order chi connectivity index (χ0) is 14.8. The van der Waals surface area contributed by atoms with Crippen molar-refractivity contribution in [1.82, 2.24) is 0 Å². The highest BCUT2D eigenvalue weighted by Crippen LogP contribution is 2.31. The first-order valence-corrected chi connectivity index (χ1v) is 6.08. The molecule has 1 aliphatic heterocycles. The summed E-state index contributed by atoms with van der Waals surface area (Å²) in [5.41, 5.74) is 1.43. The zero-order valence-electron chi connectivity index (χ0n) is 10.9. The van der Waals surface area contributed by atoms with Crippen LogP contribution in [-0.4, -0.2) is 32.5 Å². The Morgan fingerprint density at radius 1 is 1.40 bits per heavy atom. The molecule has 0 saturated carbocycles. The minimum atomic E-state index is -4.52. The molecule has 0 aromatic heterocycles. The molecular formula is C13H14F3NO3. The summed E-state index contributed by atoms with van der Waals surface area (Å²) in [7, 11) is 1.53. The lowest BCUT2D eigenvalue weighted by Gasteiger charge is -2.29. The van der Waals surface area contributed by atoms with Crippen LogP contribution in [0, 0.1) is 0 Å². The van der Waals surface area contributed by atoms with Crippen molar-refractivity contribution < 1.29 is 27.4 Å². The SMILES string of the molecule is COc1ccc2c(c1)CCCN2C(=O)OCC(F)(F)F. The largest absolute Gasteiger partial charge is 0.497 e. The van der Waals surface area contributed by atoms with Gasteiger partial charge in [0, 0.05) is 6.54 Å². The van der Waals surface area contributed by atoms with E-state index in [4.69, 9.17) is 4.74 Å². The van der Waals surface area contributed by atoms with E-state index in [1.165, 1.54) is 12.0 Å². The monoisotopic (exact) mass is 289 g/mol. The molecule has 1 heterocycles. The molecule has 1 aromatic carbocycles. The van der Waals surface area contributed by atoms with E-state index in [9.17, 15) is 18.0 Å². The van der Waals surface area contributed by atoms with Gasteiger partial charge in [0.15, 0.2) is 6.61 Å². The topological polar surface area (TPSA) is 38.8 Å². The predicted octanol–water partition coefficient (Wildman–Crippen LogP) is 3.15. The molecule has 0 saturated heterocycles. The number of benzene rings is 1. The molecule has 0 N–H and O–H groups in total. The van der Waals surface area contributed by atoms with Crippen molar-refractivity contribution in [1.29, 1.82) is 0 Å². The Labute approximate surface area is 114 Å². The fourth-order valence-corrected chi connectivity index (χ4v) is 2.11. The molecule has 0 spiro atoms. The van der Waals surface area contributed by atoms with Gasteiger partial charge in [-0.3, -0.25) is 4.90 Å². The Balaban J connectivity index is 2.13. The molecule has 1 aromatic rings. The number of alkyl halides is 3. The van der Waals surface area contributed by atoms with Crippen LogP contribution in [0.4, 0.5) is 23.7 Å². The second-order valence-corrected chi connectivity index (χ2v) is 4.42. The molecule has 0 bridgehead atoms. The average Bonchev–Trinajstić information content (AvgIpc) is 2.42. The van der Waals surface area contributed by atoms with Gasteiger partial charge in [0.2, 0.25) is 0 Å². The standard InChI is InChI=1S/C13H14F3NO3/c1-19-10-4-5-11-9(7-10)3-2-6-17(11)12(18)20-8-13(14,15)16/h4-5,7H,2-3,6,8H2,1H3. The normalized spacial score (nSPS) is 14.7. The van der Waals surface area contributed by atoms with Gasteiger partial charge in [0.25, 0.3) is 0 Å². The van der Waals surface area contributed by atoms with E-state index in [1.807, 2.05) is 0 Å². The molecule has 0 atom stereocenters. The van der Waals surface area contributed by atoms with Crippen LogP contribution in [0.1, 0.15) is 12.0 Å². The summed E-state index contributed by atoms with van der Waals surface area (Å²) in [6, 6.07) is 5.09. The molecule has 0 fully saturated rings. The number of ether oxygens (including phenoxy) is 2. The smallest absolute Gasteiger partial charge is 0.422 e. The summed E-state index contributed by atoms with van der Waals surface area (Å²) in [6.07, 6.45) is -4.08. The summed E-state index contributed by atoms with van der Waals surface area (Å²) in [5, 5.41) is 0. The molecular weight excluding hydrogens is 275 g/mol. The summed E-state index contributed by atoms with van der Waals surface area (Å²) < 4.78 is 45.6. The first-order valence-electron chi connectivity index (χ1n) is 6.08. The van der Waals surface area contributed by atoms with Crippen LogP contribution < -0.4 is 9.64 Å². The quantitative estimate of drug-likeness (QED) is 0.839. The van der Waals surface area contributed by atoms with Gasteiger partial charge < -0.3 is 9.47 Å². The van der Waals surface area contributed by atoms with E-state index in [2.05, 4.69) is 4.74 Å². The van der Waals surface area contributed by atoms with Crippen LogP contribution in [0.25, 0.3) is 0 Å². The third-order valence-corrected chi connectivity index (χ3v) is 2.98. The number of halogens is 3. The molecule has 110 valence electrons. The van der Waals surface area contributed by atoms with Gasteiger partial charge >= 0.3 is 12.3 Å². The number of hydrogen-bond acceptors (Lipinski definition) is 3. The molecule has 0 radical (unpaired) electrons. The van der Waals surface area contributed by atoms with Crippen LogP contribution in [0.5, 0.6) is 5.75 Å². The zero-order valence-corrected chi connectivity index (χ0v) is 10.9. The molecule has 2 rings (SSSR count). The van der Waals surface area contributed by atoms with E-state index in [0.29, 0.717) is 24.4 Å². The second-order valence-electron chi connectivity index (χ2n) is 4.42. The van der Waals surface area contributed by atoms with Crippen molar-refractivity contribution in [2.24, 2.45) is 0 Å². The second kappa shape index (κ2) is 5.60. The van der Waals surface area contributed by atoms with Crippen molar-refractivity contribution in [3.63, 3.8) is 0 Å². The number of carbonyl (C=O) groups is 1. The Morgan fingerprint density at radius 3 is 2.80 bits per heavy atom. The maximum absolute atomic E-state index is 12.1. The fraction of sp³-hybridized carbons (Fsp3) is 0.462. The van der Waals surface area contributed by atoms with Crippen molar-refractivity contribution in [2.45, 2.75) is 19.0 Å². The van der Waals surface area contributed by atoms with Crippen LogP contribution >= 0.6 is 0 Å². The number of amides is 1. The maximum Gasteiger partial charge on any atom is 0.422 e. The summed E-state index contributed by atoms with van der Waals surface area (Å²) in [5.74, 6) is 0.647. The summed E-state index contributed by atoms with van der Waals surface area (Å²) in [6.45, 7) is -1.23. The third kappa shape index (κ3) is 3.34. The molecule has 0 aliphatic carbocycles. The first-order chi connectivity index (χ1) is 9.40. The van der Waals surface area contributed by atoms with Gasteiger partial charge in [0.05, 0.1) is 12.8 Å². The molecule has 1 aliphatic rings. The average molecular weight is 289 g/mol. The van der Waals surface area contributed by atoms with Gasteiger partial charge in [-0.25, -0.2) is 4.79 Å². The Hall–Kier alpha value is -1.92. The van der Waals surface area contributed by atoms with Crippen molar-refractivity contribution in [2.75, 3.05) is 25.2 Å². The van der Waals surface area contributed by atoms with Crippen LogP contribution in [0.2, 0.25) is 0 Å². The number of nitrogens with zero attached hydrogens (tertiary/aromatic N) is 1. The highest BCUT2D eigenvalue weighted by Gasteiger charge is 2.32. The van der Waals surface area contributed by atoms with Gasteiger partial charge in [-0.15, -0.1) is 0 Å². The Kier molecular flexibility index (Phi) is 4.06. The van der Waals surface area contributed by atoms with Gasteiger partial charge in [0.1, 0.15) is 5.75 Å². The van der Waals surface area contributed by atoms with Crippen molar-refractivity contribution in [3.8, 4) is 5.75 Å². The van der Waals surface area contributed by atoms with Crippen LogP contribution in [-0.2, 0) is 11.2 Å². The van der Waals surface area contributed by atoms with E-state index in [-0.39, 0.29) is 0 Å². The van der Waals surface area contributed by atoms with Crippen molar-refractivity contribution >= 4 is 11.8 Å². The number of methoxy groups -OCH3 is 1. The van der Waals surface area contributed by atoms with Gasteiger partial charge in [-0.1, -0.05) is 0 Å². The van der Waals surface area contributed by atoms with Crippen LogP contribution in [0.3, 0.4) is 0 Å². The summed E-state index contributed by atoms with van der Waals surface area (Å²) >= 11 is 0. The van der Waals surface area contributed by atoms with Crippen molar-refractivity contribution in [3.05, 3.63) is 23.8 Å². The predicted molar refractivity (Wildman–Crippen MR) is 66.1 cm³/mol. The molecule has 20 heavy (non-hydrogen) atoms. The molecule has 1 amide bonds. The number of rotatable bonds is 2. The Bertz CT molecular complexity index is 502. The van der Waals surface area contributed by atoms with E-state index in [1.54, 1.807) is 18.2 Å². The minimum absolute atomic E-state index is 0.343. The minimum Gasteiger partial charge on any atom is -0.497 e. The molecule has 7 heteroatoms. The first kappa shape index (κ1) is 14.5. The molecule has 0 unspecified atom stereocenters. The van der Waals surface area contributed by atoms with E-state index in [0.717, 1.165) is 12.0 Å². The summed E-state index contributed by atoms with van der Waals surface area (Å²) in [4.78, 5) is 13.0. The molecule has 4 nitrogen and oxygen atoms in total. The van der Waals surface area contributed by atoms with E-state index >= 15 is 0 Å². The third-order valence-electron chi connectivity index (χ3n) is 2.98. The lowest BCUT2D eigenvalue weighted by molar-refractivity contribution is -0.159. The number of carbonyl (C=O) groups excluding carboxylic acids is 1. The lowest BCUT2D eigenvalue weighted by atomic mass is 10.0. The lowest BCUT2D eigenvalue weighted by Crippen LogP contribution is -2.37. The van der Waals surface area contributed by atoms with Gasteiger partial charge in [-0.05, 0) is 36.6 Å². The number of fused-ring (bicyclic) bond motifs is 1. The van der Waals surface area contributed by atoms with Crippen LogP contribution in [0.15, 0.2) is 18.2 Å². The number of anilines is 1. The maximum atomic E-state index is 12.1. The fourth-order valence-electron chi connectivity index (χ4n) is 2.11. The number of hydrogen-bond donors (Lipinski definition) is 0.